The summed E-state index contributed by atoms with van der Waals surface area (Å²) in [6, 6.07) is 7.65. The third-order valence-electron chi connectivity index (χ3n) is 5.63. The van der Waals surface area contributed by atoms with E-state index in [0.717, 1.165) is 25.9 Å². The number of piperidine rings is 1. The van der Waals surface area contributed by atoms with Crippen LogP contribution in [0.5, 0.6) is 11.5 Å². The predicted octanol–water partition coefficient (Wildman–Crippen LogP) is 4.69. The van der Waals surface area contributed by atoms with E-state index in [1.165, 1.54) is 12.1 Å². The number of nitrogens with zero attached hydrogens (tertiary/aromatic N) is 1. The Balaban J connectivity index is 1.68. The number of hydrogen-bond acceptors (Lipinski definition) is 4. The Labute approximate surface area is 164 Å². The number of rotatable bonds is 3. The molecule has 4 rings (SSSR count). The van der Waals surface area contributed by atoms with Crippen molar-refractivity contribution in [2.24, 2.45) is 5.92 Å². The predicted molar refractivity (Wildman–Crippen MR) is 106 cm³/mol. The van der Waals surface area contributed by atoms with E-state index in [1.54, 1.807) is 31.2 Å². The van der Waals surface area contributed by atoms with E-state index in [1.807, 2.05) is 0 Å². The lowest BCUT2D eigenvalue weighted by atomic mass is 9.96. The van der Waals surface area contributed by atoms with Crippen molar-refractivity contribution in [3.8, 4) is 11.5 Å². The van der Waals surface area contributed by atoms with Gasteiger partial charge in [0.15, 0.2) is 5.76 Å². The van der Waals surface area contributed by atoms with Crippen LogP contribution in [0.15, 0.2) is 36.1 Å². The topological polar surface area (TPSA) is 49.8 Å². The maximum Gasteiger partial charge on any atom is 0.232 e. The monoisotopic (exact) mass is 381 g/mol. The molecule has 0 unspecified atom stereocenters. The van der Waals surface area contributed by atoms with Gasteiger partial charge < -0.3 is 9.84 Å². The normalized spacial score (nSPS) is 19.1. The van der Waals surface area contributed by atoms with Gasteiger partial charge in [0.05, 0.1) is 11.1 Å². The van der Waals surface area contributed by atoms with E-state index in [2.05, 4.69) is 11.8 Å². The number of allylic oxidation sites excluding steroid dienone is 1. The molecule has 1 saturated heterocycles. The van der Waals surface area contributed by atoms with Gasteiger partial charge in [0.25, 0.3) is 0 Å². The minimum Gasteiger partial charge on any atom is -0.507 e. The lowest BCUT2D eigenvalue weighted by Gasteiger charge is -2.30. The Bertz CT molecular complexity index is 959. The number of phenolic OH excluding ortho intramolecular Hbond substituents is 1. The molecular formula is C23H24FNO3. The fraction of sp³-hybridized carbons (Fsp3) is 0.348. The molecule has 0 bridgehead atoms. The lowest BCUT2D eigenvalue weighted by Crippen LogP contribution is -2.32. The van der Waals surface area contributed by atoms with Gasteiger partial charge in [-0.25, -0.2) is 4.39 Å². The van der Waals surface area contributed by atoms with Crippen molar-refractivity contribution in [2.45, 2.75) is 33.2 Å². The first-order valence-electron chi connectivity index (χ1n) is 9.70. The van der Waals surface area contributed by atoms with Crippen LogP contribution in [0.3, 0.4) is 0 Å². The van der Waals surface area contributed by atoms with Crippen molar-refractivity contribution in [1.29, 1.82) is 0 Å². The quantitative estimate of drug-likeness (QED) is 0.784. The molecule has 1 N–H and O–H groups in total. The Kier molecular flexibility index (Phi) is 4.94. The van der Waals surface area contributed by atoms with Gasteiger partial charge in [0.2, 0.25) is 5.78 Å². The number of likely N-dealkylation sites (tertiary alicyclic amines) is 1. The molecule has 2 heterocycles. The van der Waals surface area contributed by atoms with Gasteiger partial charge in [-0.2, -0.15) is 0 Å². The van der Waals surface area contributed by atoms with Crippen LogP contribution in [0.1, 0.15) is 46.8 Å². The minimum atomic E-state index is -0.369. The number of aryl methyl sites for hydroxylation is 1. The van der Waals surface area contributed by atoms with E-state index in [0.29, 0.717) is 40.5 Å². The number of aromatic hydroxyl groups is 1. The number of carbonyl (C=O) groups is 1. The van der Waals surface area contributed by atoms with Crippen LogP contribution >= 0.6 is 0 Å². The lowest BCUT2D eigenvalue weighted by molar-refractivity contribution is 0.101. The van der Waals surface area contributed by atoms with Gasteiger partial charge in [-0.1, -0.05) is 19.1 Å². The van der Waals surface area contributed by atoms with Gasteiger partial charge in [-0.3, -0.25) is 9.69 Å². The molecule has 0 amide bonds. The van der Waals surface area contributed by atoms with E-state index in [-0.39, 0.29) is 23.1 Å². The highest BCUT2D eigenvalue weighted by Gasteiger charge is 2.34. The van der Waals surface area contributed by atoms with Crippen molar-refractivity contribution in [2.75, 3.05) is 13.1 Å². The number of ketones is 1. The maximum absolute atomic E-state index is 13.5. The Morgan fingerprint density at radius 2 is 2.04 bits per heavy atom. The molecule has 28 heavy (non-hydrogen) atoms. The minimum absolute atomic E-state index is 0.148. The molecule has 0 aliphatic carbocycles. The van der Waals surface area contributed by atoms with Gasteiger partial charge >= 0.3 is 0 Å². The number of halogens is 1. The van der Waals surface area contributed by atoms with Crippen LogP contribution in [-0.4, -0.2) is 28.9 Å². The second-order valence-corrected chi connectivity index (χ2v) is 7.85. The average molecular weight is 381 g/mol. The summed E-state index contributed by atoms with van der Waals surface area (Å²) < 4.78 is 19.4. The van der Waals surface area contributed by atoms with Gasteiger partial charge in [-0.05, 0) is 74.2 Å². The molecule has 0 radical (unpaired) electrons. The number of ether oxygens (including phenoxy) is 1. The Morgan fingerprint density at radius 3 is 2.75 bits per heavy atom. The first-order chi connectivity index (χ1) is 13.4. The zero-order chi connectivity index (χ0) is 19.8. The maximum atomic E-state index is 13.5. The molecule has 1 fully saturated rings. The number of hydrogen-bond donors (Lipinski definition) is 1. The molecule has 2 aromatic carbocycles. The van der Waals surface area contributed by atoms with E-state index >= 15 is 0 Å². The molecule has 146 valence electrons. The standard InChI is InChI=1S/C23H24FNO3/c1-14-6-8-25(9-7-14)13-18-19(26)10-15(2)21-22(27)20(28-23(18)21)12-16-4-3-5-17(24)11-16/h3-5,10-12,14,26H,6-9,13H2,1-2H3/b20-12-. The van der Waals surface area contributed by atoms with Crippen LogP contribution in [0, 0.1) is 18.7 Å². The van der Waals surface area contributed by atoms with Crippen molar-refractivity contribution in [1.82, 2.24) is 4.90 Å². The Morgan fingerprint density at radius 1 is 1.29 bits per heavy atom. The van der Waals surface area contributed by atoms with Crippen LogP contribution in [-0.2, 0) is 6.54 Å². The number of carbonyl (C=O) groups excluding carboxylic acids is 1. The van der Waals surface area contributed by atoms with Gasteiger partial charge in [0.1, 0.15) is 17.3 Å². The summed E-state index contributed by atoms with van der Waals surface area (Å²) in [5.74, 6) is 0.852. The first kappa shape index (κ1) is 18.7. The van der Waals surface area contributed by atoms with E-state index in [4.69, 9.17) is 4.74 Å². The summed E-state index contributed by atoms with van der Waals surface area (Å²) in [5, 5.41) is 10.5. The molecule has 0 spiro atoms. The zero-order valence-electron chi connectivity index (χ0n) is 16.2. The molecule has 2 aliphatic rings. The highest BCUT2D eigenvalue weighted by Crippen LogP contribution is 2.42. The smallest absolute Gasteiger partial charge is 0.232 e. The van der Waals surface area contributed by atoms with Crippen LogP contribution in [0.4, 0.5) is 4.39 Å². The fourth-order valence-corrected chi connectivity index (χ4v) is 3.92. The summed E-state index contributed by atoms with van der Waals surface area (Å²) in [6.45, 7) is 6.51. The number of benzene rings is 2. The van der Waals surface area contributed by atoms with Crippen LogP contribution in [0.25, 0.3) is 6.08 Å². The molecule has 2 aromatic rings. The molecule has 0 atom stereocenters. The average Bonchev–Trinajstić information content (AvgIpc) is 2.97. The van der Waals surface area contributed by atoms with Crippen LogP contribution in [0.2, 0.25) is 0 Å². The van der Waals surface area contributed by atoms with Gasteiger partial charge in [-0.15, -0.1) is 0 Å². The molecule has 4 nitrogen and oxygen atoms in total. The molecule has 0 saturated carbocycles. The van der Waals surface area contributed by atoms with Crippen LogP contribution < -0.4 is 4.74 Å². The van der Waals surface area contributed by atoms with Crippen molar-refractivity contribution < 1.29 is 19.0 Å². The molecule has 2 aliphatic heterocycles. The first-order valence-corrected chi connectivity index (χ1v) is 9.70. The molecular weight excluding hydrogens is 357 g/mol. The van der Waals surface area contributed by atoms with Crippen molar-refractivity contribution >= 4 is 11.9 Å². The molecule has 5 heteroatoms. The SMILES string of the molecule is Cc1cc(O)c(CN2CCC(C)CC2)c2c1C(=O)/C(=C/c1cccc(F)c1)O2. The van der Waals surface area contributed by atoms with Crippen molar-refractivity contribution in [3.63, 3.8) is 0 Å². The third kappa shape index (κ3) is 3.54. The van der Waals surface area contributed by atoms with Gasteiger partial charge in [0, 0.05) is 6.54 Å². The summed E-state index contributed by atoms with van der Waals surface area (Å²) in [6.07, 6.45) is 3.80. The summed E-state index contributed by atoms with van der Waals surface area (Å²) in [4.78, 5) is 15.2. The third-order valence-corrected chi connectivity index (χ3v) is 5.63. The summed E-state index contributed by atoms with van der Waals surface area (Å²) in [7, 11) is 0. The highest BCUT2D eigenvalue weighted by atomic mass is 19.1. The number of fused-ring (bicyclic) bond motifs is 1. The molecule has 0 aromatic heterocycles. The second-order valence-electron chi connectivity index (χ2n) is 7.85. The number of phenols is 1. The summed E-state index contributed by atoms with van der Waals surface area (Å²) >= 11 is 0. The fourth-order valence-electron chi connectivity index (χ4n) is 3.92. The Hall–Kier alpha value is -2.66. The van der Waals surface area contributed by atoms with Crippen molar-refractivity contribution in [3.05, 3.63) is 64.2 Å². The zero-order valence-corrected chi connectivity index (χ0v) is 16.2. The number of Topliss-reactive ketones (excluding diaryl/α,β-unsaturated/α-hetero) is 1. The van der Waals surface area contributed by atoms with E-state index < -0.39 is 0 Å². The largest absolute Gasteiger partial charge is 0.507 e. The highest BCUT2D eigenvalue weighted by molar-refractivity contribution is 6.15. The second kappa shape index (κ2) is 7.40. The summed E-state index contributed by atoms with van der Waals surface area (Å²) in [5.41, 5.74) is 2.37. The van der Waals surface area contributed by atoms with E-state index in [9.17, 15) is 14.3 Å².